The SMILES string of the molecule is CCOc1ccccc1NC(=S)NC(=O)c1ccc(OCC(C)C)c(Br)c1. The van der Waals surface area contributed by atoms with Gasteiger partial charge in [0.1, 0.15) is 11.5 Å². The average molecular weight is 451 g/mol. The van der Waals surface area contributed by atoms with Crippen molar-refractivity contribution in [2.45, 2.75) is 20.8 Å². The number of hydrogen-bond acceptors (Lipinski definition) is 4. The van der Waals surface area contributed by atoms with Crippen LogP contribution in [-0.2, 0) is 0 Å². The summed E-state index contributed by atoms with van der Waals surface area (Å²) in [7, 11) is 0. The number of nitrogens with one attached hydrogen (secondary N) is 2. The van der Waals surface area contributed by atoms with Crippen LogP contribution in [-0.4, -0.2) is 24.2 Å². The number of hydrogen-bond donors (Lipinski definition) is 2. The third-order valence-electron chi connectivity index (χ3n) is 3.43. The number of benzene rings is 2. The van der Waals surface area contributed by atoms with E-state index in [1.54, 1.807) is 18.2 Å². The second-order valence-corrected chi connectivity index (χ2v) is 7.45. The van der Waals surface area contributed by atoms with Gasteiger partial charge in [-0.2, -0.15) is 0 Å². The van der Waals surface area contributed by atoms with Crippen LogP contribution in [0.2, 0.25) is 0 Å². The summed E-state index contributed by atoms with van der Waals surface area (Å²) in [6.45, 7) is 7.21. The molecule has 2 aromatic rings. The van der Waals surface area contributed by atoms with Crippen LogP contribution in [0.1, 0.15) is 31.1 Å². The van der Waals surface area contributed by atoms with E-state index in [4.69, 9.17) is 21.7 Å². The molecular formula is C20H23BrN2O3S. The highest BCUT2D eigenvalue weighted by molar-refractivity contribution is 9.10. The van der Waals surface area contributed by atoms with E-state index < -0.39 is 0 Å². The standard InChI is InChI=1S/C20H23BrN2O3S/c1-4-25-18-8-6-5-7-16(18)22-20(27)23-19(24)14-9-10-17(15(21)11-14)26-12-13(2)3/h5-11,13H,4,12H2,1-3H3,(H2,22,23,24,27). The van der Waals surface area contributed by atoms with E-state index in [0.29, 0.717) is 41.9 Å². The minimum atomic E-state index is -0.308. The van der Waals surface area contributed by atoms with E-state index in [0.717, 1.165) is 4.47 Å². The lowest BCUT2D eigenvalue weighted by atomic mass is 10.2. The first-order valence-corrected chi connectivity index (χ1v) is 9.87. The van der Waals surface area contributed by atoms with Gasteiger partial charge >= 0.3 is 0 Å². The highest BCUT2D eigenvalue weighted by atomic mass is 79.9. The fourth-order valence-corrected chi connectivity index (χ4v) is 2.89. The molecule has 27 heavy (non-hydrogen) atoms. The van der Waals surface area contributed by atoms with Gasteiger partial charge in [0, 0.05) is 5.56 Å². The third kappa shape index (κ3) is 6.52. The van der Waals surface area contributed by atoms with E-state index in [1.807, 2.05) is 31.2 Å². The quantitative estimate of drug-likeness (QED) is 0.580. The summed E-state index contributed by atoms with van der Waals surface area (Å²) < 4.78 is 12.0. The molecule has 0 aliphatic rings. The molecular weight excluding hydrogens is 428 g/mol. The topological polar surface area (TPSA) is 59.6 Å². The van der Waals surface area contributed by atoms with Gasteiger partial charge in [-0.1, -0.05) is 26.0 Å². The van der Waals surface area contributed by atoms with E-state index >= 15 is 0 Å². The molecule has 0 aromatic heterocycles. The van der Waals surface area contributed by atoms with Gasteiger partial charge in [0.2, 0.25) is 0 Å². The van der Waals surface area contributed by atoms with Crippen LogP contribution in [0.25, 0.3) is 0 Å². The Labute approximate surface area is 173 Å². The van der Waals surface area contributed by atoms with Crippen molar-refractivity contribution in [1.82, 2.24) is 5.32 Å². The smallest absolute Gasteiger partial charge is 0.257 e. The summed E-state index contributed by atoms with van der Waals surface area (Å²) in [5.41, 5.74) is 1.17. The van der Waals surface area contributed by atoms with Crippen LogP contribution in [0, 0.1) is 5.92 Å². The molecule has 2 N–H and O–H groups in total. The summed E-state index contributed by atoms with van der Waals surface area (Å²) >= 11 is 8.69. The lowest BCUT2D eigenvalue weighted by molar-refractivity contribution is 0.0977. The minimum absolute atomic E-state index is 0.198. The highest BCUT2D eigenvalue weighted by Gasteiger charge is 2.12. The molecule has 0 bridgehead atoms. The lowest BCUT2D eigenvalue weighted by Gasteiger charge is -2.14. The van der Waals surface area contributed by atoms with Crippen LogP contribution < -0.4 is 20.1 Å². The summed E-state index contributed by atoms with van der Waals surface area (Å²) in [5.74, 6) is 1.48. The number of ether oxygens (including phenoxy) is 2. The molecule has 144 valence electrons. The molecule has 2 aromatic carbocycles. The zero-order valence-electron chi connectivity index (χ0n) is 15.5. The Morgan fingerprint density at radius 3 is 2.56 bits per heavy atom. The van der Waals surface area contributed by atoms with Gasteiger partial charge in [-0.3, -0.25) is 10.1 Å². The molecule has 1 amide bonds. The van der Waals surface area contributed by atoms with Crippen molar-refractivity contribution in [1.29, 1.82) is 0 Å². The van der Waals surface area contributed by atoms with Gasteiger partial charge in [0.25, 0.3) is 5.91 Å². The summed E-state index contributed by atoms with van der Waals surface area (Å²) in [4.78, 5) is 12.5. The van der Waals surface area contributed by atoms with Crippen molar-refractivity contribution in [3.8, 4) is 11.5 Å². The maximum absolute atomic E-state index is 12.5. The maximum atomic E-state index is 12.5. The average Bonchev–Trinajstić information content (AvgIpc) is 2.62. The Kier molecular flexibility index (Phi) is 8.06. The van der Waals surface area contributed by atoms with Crippen molar-refractivity contribution in [3.63, 3.8) is 0 Å². The van der Waals surface area contributed by atoms with Crippen molar-refractivity contribution >= 4 is 44.9 Å². The van der Waals surface area contributed by atoms with Crippen LogP contribution >= 0.6 is 28.1 Å². The fraction of sp³-hybridized carbons (Fsp3) is 0.300. The van der Waals surface area contributed by atoms with Gasteiger partial charge in [0.15, 0.2) is 5.11 Å². The second kappa shape index (κ2) is 10.3. The maximum Gasteiger partial charge on any atom is 0.257 e. The zero-order valence-corrected chi connectivity index (χ0v) is 17.9. The summed E-state index contributed by atoms with van der Waals surface area (Å²) in [6.07, 6.45) is 0. The second-order valence-electron chi connectivity index (χ2n) is 6.19. The van der Waals surface area contributed by atoms with E-state index in [9.17, 15) is 4.79 Å². The van der Waals surface area contributed by atoms with Gasteiger partial charge in [-0.15, -0.1) is 0 Å². The number of para-hydroxylation sites is 2. The van der Waals surface area contributed by atoms with Gasteiger partial charge in [-0.25, -0.2) is 0 Å². The predicted molar refractivity (Wildman–Crippen MR) is 116 cm³/mol. The molecule has 0 unspecified atom stereocenters. The Morgan fingerprint density at radius 2 is 1.89 bits per heavy atom. The van der Waals surface area contributed by atoms with Crippen LogP contribution in [0.5, 0.6) is 11.5 Å². The van der Waals surface area contributed by atoms with Crippen molar-refractivity contribution in [2.24, 2.45) is 5.92 Å². The molecule has 2 rings (SSSR count). The van der Waals surface area contributed by atoms with Crippen molar-refractivity contribution in [2.75, 3.05) is 18.5 Å². The van der Waals surface area contributed by atoms with E-state index in [1.165, 1.54) is 0 Å². The van der Waals surface area contributed by atoms with Crippen LogP contribution in [0.15, 0.2) is 46.9 Å². The largest absolute Gasteiger partial charge is 0.492 e. The Morgan fingerprint density at radius 1 is 1.15 bits per heavy atom. The Hall–Kier alpha value is -2.12. The Bertz CT molecular complexity index is 812. The molecule has 0 heterocycles. The number of carbonyl (C=O) groups is 1. The fourth-order valence-electron chi connectivity index (χ4n) is 2.20. The molecule has 0 radical (unpaired) electrons. The highest BCUT2D eigenvalue weighted by Crippen LogP contribution is 2.27. The van der Waals surface area contributed by atoms with E-state index in [2.05, 4.69) is 40.4 Å². The monoisotopic (exact) mass is 450 g/mol. The normalized spacial score (nSPS) is 10.4. The number of thiocarbonyl (C=S) groups is 1. The molecule has 0 fully saturated rings. The predicted octanol–water partition coefficient (Wildman–Crippen LogP) is 5.01. The molecule has 7 heteroatoms. The summed E-state index contributed by atoms with van der Waals surface area (Å²) in [6, 6.07) is 12.6. The van der Waals surface area contributed by atoms with Crippen LogP contribution in [0.4, 0.5) is 5.69 Å². The van der Waals surface area contributed by atoms with Gasteiger partial charge in [-0.05, 0) is 71.3 Å². The molecule has 0 saturated heterocycles. The number of rotatable bonds is 7. The number of halogens is 1. The van der Waals surface area contributed by atoms with Gasteiger partial charge in [0.05, 0.1) is 23.4 Å². The number of amides is 1. The molecule has 0 aliphatic heterocycles. The number of carbonyl (C=O) groups excluding carboxylic acids is 1. The summed E-state index contributed by atoms with van der Waals surface area (Å²) in [5, 5.41) is 5.87. The first-order valence-electron chi connectivity index (χ1n) is 8.67. The van der Waals surface area contributed by atoms with Gasteiger partial charge < -0.3 is 14.8 Å². The Balaban J connectivity index is 2.00. The molecule has 0 spiro atoms. The van der Waals surface area contributed by atoms with E-state index in [-0.39, 0.29) is 11.0 Å². The minimum Gasteiger partial charge on any atom is -0.492 e. The molecule has 5 nitrogen and oxygen atoms in total. The van der Waals surface area contributed by atoms with Crippen molar-refractivity contribution in [3.05, 3.63) is 52.5 Å². The first kappa shape index (κ1) is 21.2. The molecule has 0 atom stereocenters. The zero-order chi connectivity index (χ0) is 19.8. The lowest BCUT2D eigenvalue weighted by Crippen LogP contribution is -2.34. The third-order valence-corrected chi connectivity index (χ3v) is 4.25. The molecule has 0 aliphatic carbocycles. The number of anilines is 1. The first-order chi connectivity index (χ1) is 12.9. The van der Waals surface area contributed by atoms with Crippen LogP contribution in [0.3, 0.4) is 0 Å². The molecule has 0 saturated carbocycles. The van der Waals surface area contributed by atoms with Crippen molar-refractivity contribution < 1.29 is 14.3 Å².